The van der Waals surface area contributed by atoms with Gasteiger partial charge in [0.25, 0.3) is 0 Å². The van der Waals surface area contributed by atoms with Crippen LogP contribution in [0.25, 0.3) is 0 Å². The van der Waals surface area contributed by atoms with Gasteiger partial charge in [-0.15, -0.1) is 0 Å². The number of rotatable bonds is 5. The lowest BCUT2D eigenvalue weighted by Gasteiger charge is -2.22. The van der Waals surface area contributed by atoms with E-state index < -0.39 is 6.16 Å². The number of anilines is 1. The average Bonchev–Trinajstić information content (AvgIpc) is 2.68. The number of benzene rings is 1. The molecule has 1 aromatic rings. The van der Waals surface area contributed by atoms with Crippen molar-refractivity contribution in [3.05, 3.63) is 24.3 Å². The SMILES string of the molecule is O=C(Nc1ccc(OCC2CCNCC2)cc1)C1CCCCC1.O=C(O)O. The zero-order chi connectivity index (χ0) is 19.5. The van der Waals surface area contributed by atoms with Gasteiger partial charge in [0.2, 0.25) is 5.91 Å². The van der Waals surface area contributed by atoms with Gasteiger partial charge in [0, 0.05) is 11.6 Å². The predicted octanol–water partition coefficient (Wildman–Crippen LogP) is 3.81. The van der Waals surface area contributed by atoms with Crippen LogP contribution in [-0.4, -0.2) is 42.0 Å². The number of nitrogens with one attached hydrogen (secondary N) is 2. The third kappa shape index (κ3) is 8.30. The summed E-state index contributed by atoms with van der Waals surface area (Å²) in [6.45, 7) is 2.98. The molecule has 0 atom stereocenters. The predicted molar refractivity (Wildman–Crippen MR) is 103 cm³/mol. The number of amides is 1. The number of carbonyl (C=O) groups excluding carboxylic acids is 1. The zero-order valence-electron chi connectivity index (χ0n) is 15.7. The molecule has 7 heteroatoms. The van der Waals surface area contributed by atoms with Crippen molar-refractivity contribution in [3.8, 4) is 5.75 Å². The van der Waals surface area contributed by atoms with Crippen molar-refractivity contribution in [2.75, 3.05) is 25.0 Å². The van der Waals surface area contributed by atoms with Gasteiger partial charge >= 0.3 is 6.16 Å². The van der Waals surface area contributed by atoms with Gasteiger partial charge in [0.15, 0.2) is 0 Å². The summed E-state index contributed by atoms with van der Waals surface area (Å²) in [6.07, 6.45) is 6.24. The van der Waals surface area contributed by atoms with Crippen LogP contribution in [0.15, 0.2) is 24.3 Å². The van der Waals surface area contributed by atoms with Crippen LogP contribution in [0.1, 0.15) is 44.9 Å². The number of ether oxygens (including phenoxy) is 1. The zero-order valence-corrected chi connectivity index (χ0v) is 15.7. The molecule has 0 aromatic heterocycles. The Kier molecular flexibility index (Phi) is 8.91. The summed E-state index contributed by atoms with van der Waals surface area (Å²) in [4.78, 5) is 20.8. The number of carbonyl (C=O) groups is 2. The van der Waals surface area contributed by atoms with E-state index in [-0.39, 0.29) is 11.8 Å². The van der Waals surface area contributed by atoms with Crippen molar-refractivity contribution >= 4 is 17.7 Å². The van der Waals surface area contributed by atoms with Crippen molar-refractivity contribution in [1.29, 1.82) is 0 Å². The minimum atomic E-state index is -1.83. The molecule has 0 bridgehead atoms. The number of piperidine rings is 1. The Hall–Kier alpha value is -2.28. The fourth-order valence-electron chi connectivity index (χ4n) is 3.51. The highest BCUT2D eigenvalue weighted by molar-refractivity contribution is 5.92. The fourth-order valence-corrected chi connectivity index (χ4v) is 3.51. The summed E-state index contributed by atoms with van der Waals surface area (Å²) in [5.41, 5.74) is 0.870. The van der Waals surface area contributed by atoms with E-state index in [0.29, 0.717) is 5.92 Å². The van der Waals surface area contributed by atoms with Gasteiger partial charge < -0.3 is 25.6 Å². The van der Waals surface area contributed by atoms with Gasteiger partial charge in [0.05, 0.1) is 6.61 Å². The lowest BCUT2D eigenvalue weighted by molar-refractivity contribution is -0.120. The van der Waals surface area contributed by atoms with Crippen LogP contribution in [0.3, 0.4) is 0 Å². The first-order valence-corrected chi connectivity index (χ1v) is 9.71. The Morgan fingerprint density at radius 3 is 2.19 bits per heavy atom. The Morgan fingerprint density at radius 2 is 1.59 bits per heavy atom. The summed E-state index contributed by atoms with van der Waals surface area (Å²) in [7, 11) is 0. The molecule has 1 saturated carbocycles. The van der Waals surface area contributed by atoms with Crippen LogP contribution >= 0.6 is 0 Å². The van der Waals surface area contributed by atoms with E-state index in [0.717, 1.165) is 44.0 Å². The second-order valence-electron chi connectivity index (χ2n) is 7.14. The Bertz CT molecular complexity index is 575. The lowest BCUT2D eigenvalue weighted by Crippen LogP contribution is -2.30. The molecule has 7 nitrogen and oxygen atoms in total. The van der Waals surface area contributed by atoms with Gasteiger partial charge in [0.1, 0.15) is 5.75 Å². The smallest absolute Gasteiger partial charge is 0.493 e. The molecule has 3 rings (SSSR count). The van der Waals surface area contributed by atoms with E-state index >= 15 is 0 Å². The van der Waals surface area contributed by atoms with Gasteiger partial charge in [-0.3, -0.25) is 4.79 Å². The van der Waals surface area contributed by atoms with Crippen molar-refractivity contribution in [3.63, 3.8) is 0 Å². The summed E-state index contributed by atoms with van der Waals surface area (Å²) in [5.74, 6) is 1.91. The summed E-state index contributed by atoms with van der Waals surface area (Å²) in [6, 6.07) is 7.80. The first kappa shape index (κ1) is 21.0. The van der Waals surface area contributed by atoms with Crippen LogP contribution in [0, 0.1) is 11.8 Å². The molecule has 1 aliphatic heterocycles. The molecule has 1 aromatic carbocycles. The van der Waals surface area contributed by atoms with Crippen LogP contribution < -0.4 is 15.4 Å². The standard InChI is InChI=1S/C19H28N2O2.CH2O3/c22-19(16-4-2-1-3-5-16)21-17-6-8-18(9-7-17)23-14-15-10-12-20-13-11-15;2-1(3)4/h6-9,15-16,20H,1-5,10-14H2,(H,21,22);(H2,2,3,4). The third-order valence-corrected chi connectivity index (χ3v) is 5.04. The van der Waals surface area contributed by atoms with Crippen molar-refractivity contribution in [1.82, 2.24) is 5.32 Å². The molecule has 1 amide bonds. The van der Waals surface area contributed by atoms with Crippen LogP contribution in [0.4, 0.5) is 10.5 Å². The Morgan fingerprint density at radius 1 is 1.00 bits per heavy atom. The largest absolute Gasteiger partial charge is 0.503 e. The molecule has 0 unspecified atom stereocenters. The summed E-state index contributed by atoms with van der Waals surface area (Å²) >= 11 is 0. The van der Waals surface area contributed by atoms with Crippen molar-refractivity contribution in [2.24, 2.45) is 11.8 Å². The van der Waals surface area contributed by atoms with E-state index in [9.17, 15) is 4.79 Å². The first-order valence-electron chi connectivity index (χ1n) is 9.71. The molecule has 27 heavy (non-hydrogen) atoms. The van der Waals surface area contributed by atoms with Crippen LogP contribution in [0.2, 0.25) is 0 Å². The van der Waals surface area contributed by atoms with E-state index in [2.05, 4.69) is 10.6 Å². The second kappa shape index (κ2) is 11.4. The summed E-state index contributed by atoms with van der Waals surface area (Å²) in [5, 5.41) is 20.4. The van der Waals surface area contributed by atoms with Crippen molar-refractivity contribution < 1.29 is 24.5 Å². The quantitative estimate of drug-likeness (QED) is 0.621. The lowest BCUT2D eigenvalue weighted by atomic mass is 9.88. The molecule has 1 aliphatic carbocycles. The maximum atomic E-state index is 12.2. The van der Waals surface area contributed by atoms with Gasteiger partial charge in [-0.1, -0.05) is 19.3 Å². The number of hydrogen-bond donors (Lipinski definition) is 4. The van der Waals surface area contributed by atoms with Gasteiger partial charge in [-0.2, -0.15) is 0 Å². The Labute approximate surface area is 160 Å². The third-order valence-electron chi connectivity index (χ3n) is 5.04. The maximum Gasteiger partial charge on any atom is 0.503 e. The van der Waals surface area contributed by atoms with Crippen LogP contribution in [0.5, 0.6) is 5.75 Å². The second-order valence-corrected chi connectivity index (χ2v) is 7.14. The minimum absolute atomic E-state index is 0.174. The molecule has 0 spiro atoms. The molecule has 2 aliphatic rings. The molecule has 1 heterocycles. The van der Waals surface area contributed by atoms with Crippen LogP contribution in [-0.2, 0) is 4.79 Å². The Balaban J connectivity index is 0.000000596. The monoisotopic (exact) mass is 378 g/mol. The fraction of sp³-hybridized carbons (Fsp3) is 0.600. The topological polar surface area (TPSA) is 108 Å². The molecular formula is C20H30N2O5. The minimum Gasteiger partial charge on any atom is -0.493 e. The maximum absolute atomic E-state index is 12.2. The number of carboxylic acid groups (broad SMARTS) is 2. The first-order chi connectivity index (χ1) is 13.0. The number of hydrogen-bond acceptors (Lipinski definition) is 4. The summed E-state index contributed by atoms with van der Waals surface area (Å²) < 4.78 is 5.88. The van der Waals surface area contributed by atoms with E-state index in [1.54, 1.807) is 0 Å². The molecule has 0 radical (unpaired) electrons. The van der Waals surface area contributed by atoms with E-state index in [1.165, 1.54) is 32.1 Å². The average molecular weight is 378 g/mol. The molecule has 1 saturated heterocycles. The van der Waals surface area contributed by atoms with Gasteiger partial charge in [-0.05, 0) is 69.0 Å². The highest BCUT2D eigenvalue weighted by atomic mass is 16.6. The molecule has 2 fully saturated rings. The molecular weight excluding hydrogens is 348 g/mol. The van der Waals surface area contributed by atoms with E-state index in [4.69, 9.17) is 19.7 Å². The molecule has 150 valence electrons. The van der Waals surface area contributed by atoms with E-state index in [1.807, 2.05) is 24.3 Å². The van der Waals surface area contributed by atoms with Gasteiger partial charge in [-0.25, -0.2) is 4.79 Å². The highest BCUT2D eigenvalue weighted by Gasteiger charge is 2.21. The normalized spacial score (nSPS) is 18.1. The van der Waals surface area contributed by atoms with Crippen molar-refractivity contribution in [2.45, 2.75) is 44.9 Å². The highest BCUT2D eigenvalue weighted by Crippen LogP contribution is 2.25. The molecule has 4 N–H and O–H groups in total.